The molecule has 1 aromatic rings. The zero-order valence-electron chi connectivity index (χ0n) is 13.1. The van der Waals surface area contributed by atoms with Gasteiger partial charge in [0.05, 0.1) is 6.54 Å². The summed E-state index contributed by atoms with van der Waals surface area (Å²) in [5.41, 5.74) is 0. The van der Waals surface area contributed by atoms with Crippen LogP contribution in [0.25, 0.3) is 0 Å². The van der Waals surface area contributed by atoms with Gasteiger partial charge in [0.1, 0.15) is 12.2 Å². The van der Waals surface area contributed by atoms with Crippen LogP contribution in [0.1, 0.15) is 39.9 Å². The third-order valence-corrected chi connectivity index (χ3v) is 3.50. The van der Waals surface area contributed by atoms with Crippen molar-refractivity contribution in [1.29, 1.82) is 0 Å². The maximum Gasteiger partial charge on any atom is 0.140 e. The standard InChI is InChI=1S/C14H29N5/c1-6-13(4)18(5)8-7-15-9-14-16-11-17-19(14)10-12(2)3/h11-13,15H,6-10H2,1-5H3. The van der Waals surface area contributed by atoms with Gasteiger partial charge in [0, 0.05) is 25.7 Å². The summed E-state index contributed by atoms with van der Waals surface area (Å²) in [5.74, 6) is 1.62. The van der Waals surface area contributed by atoms with E-state index in [0.29, 0.717) is 12.0 Å². The van der Waals surface area contributed by atoms with Gasteiger partial charge in [-0.1, -0.05) is 20.8 Å². The Morgan fingerprint density at radius 2 is 2.11 bits per heavy atom. The van der Waals surface area contributed by atoms with Gasteiger partial charge in [0.15, 0.2) is 0 Å². The summed E-state index contributed by atoms with van der Waals surface area (Å²) in [4.78, 5) is 6.69. The molecule has 1 heterocycles. The predicted molar refractivity (Wildman–Crippen MR) is 78.9 cm³/mol. The molecule has 0 fully saturated rings. The summed E-state index contributed by atoms with van der Waals surface area (Å²) in [6.45, 7) is 12.6. The van der Waals surface area contributed by atoms with E-state index in [2.05, 4.69) is 55.0 Å². The van der Waals surface area contributed by atoms with Crippen molar-refractivity contribution in [3.8, 4) is 0 Å². The number of rotatable bonds is 9. The molecule has 0 aliphatic rings. The topological polar surface area (TPSA) is 46.0 Å². The molecule has 5 nitrogen and oxygen atoms in total. The van der Waals surface area contributed by atoms with Crippen LogP contribution in [-0.4, -0.2) is 45.8 Å². The summed E-state index contributed by atoms with van der Waals surface area (Å²) in [6, 6.07) is 0.645. The molecule has 0 radical (unpaired) electrons. The molecule has 110 valence electrons. The first kappa shape index (κ1) is 16.1. The monoisotopic (exact) mass is 267 g/mol. The quantitative estimate of drug-likeness (QED) is 0.693. The molecule has 19 heavy (non-hydrogen) atoms. The lowest BCUT2D eigenvalue weighted by molar-refractivity contribution is 0.251. The van der Waals surface area contributed by atoms with Crippen molar-refractivity contribution >= 4 is 0 Å². The number of aromatic nitrogens is 3. The Labute approximate surface area is 117 Å². The van der Waals surface area contributed by atoms with E-state index in [9.17, 15) is 0 Å². The van der Waals surface area contributed by atoms with Gasteiger partial charge in [-0.3, -0.25) is 0 Å². The average molecular weight is 267 g/mol. The summed E-state index contributed by atoms with van der Waals surface area (Å²) in [6.07, 6.45) is 2.84. The van der Waals surface area contributed by atoms with Crippen molar-refractivity contribution in [2.75, 3.05) is 20.1 Å². The molecular formula is C14H29N5. The Balaban J connectivity index is 2.28. The first-order valence-corrected chi connectivity index (χ1v) is 7.32. The van der Waals surface area contributed by atoms with Gasteiger partial charge in [-0.25, -0.2) is 9.67 Å². The van der Waals surface area contributed by atoms with Crippen LogP contribution in [-0.2, 0) is 13.1 Å². The van der Waals surface area contributed by atoms with Crippen molar-refractivity contribution in [2.24, 2.45) is 5.92 Å². The van der Waals surface area contributed by atoms with E-state index in [1.807, 2.05) is 4.68 Å². The minimum atomic E-state index is 0.594. The van der Waals surface area contributed by atoms with Gasteiger partial charge in [0.2, 0.25) is 0 Å². The Morgan fingerprint density at radius 3 is 2.74 bits per heavy atom. The Hall–Kier alpha value is -0.940. The van der Waals surface area contributed by atoms with Gasteiger partial charge >= 0.3 is 0 Å². The van der Waals surface area contributed by atoms with E-state index < -0.39 is 0 Å². The fourth-order valence-corrected chi connectivity index (χ4v) is 1.91. The van der Waals surface area contributed by atoms with Gasteiger partial charge in [-0.2, -0.15) is 5.10 Å². The van der Waals surface area contributed by atoms with Crippen molar-refractivity contribution in [3.05, 3.63) is 12.2 Å². The zero-order valence-corrected chi connectivity index (χ0v) is 13.1. The SMILES string of the molecule is CCC(C)N(C)CCNCc1ncnn1CC(C)C. The summed E-state index contributed by atoms with van der Waals surface area (Å²) in [5, 5.41) is 7.71. The van der Waals surface area contributed by atoms with E-state index in [0.717, 1.165) is 32.0 Å². The van der Waals surface area contributed by atoms with Crippen molar-refractivity contribution in [1.82, 2.24) is 25.0 Å². The van der Waals surface area contributed by atoms with Crippen LogP contribution in [0.2, 0.25) is 0 Å². The predicted octanol–water partition coefficient (Wildman–Crippen LogP) is 1.75. The highest BCUT2D eigenvalue weighted by Crippen LogP contribution is 2.01. The smallest absolute Gasteiger partial charge is 0.140 e. The molecule has 5 heteroatoms. The Morgan fingerprint density at radius 1 is 1.37 bits per heavy atom. The van der Waals surface area contributed by atoms with Gasteiger partial charge in [-0.05, 0) is 26.3 Å². The van der Waals surface area contributed by atoms with Gasteiger partial charge in [-0.15, -0.1) is 0 Å². The van der Waals surface area contributed by atoms with Gasteiger partial charge < -0.3 is 10.2 Å². The fourth-order valence-electron chi connectivity index (χ4n) is 1.91. The molecule has 0 saturated carbocycles. The third kappa shape index (κ3) is 5.70. The highest BCUT2D eigenvalue weighted by atomic mass is 15.3. The highest BCUT2D eigenvalue weighted by Gasteiger charge is 2.07. The van der Waals surface area contributed by atoms with E-state index in [1.165, 1.54) is 6.42 Å². The molecule has 0 aliphatic heterocycles. The molecule has 1 N–H and O–H groups in total. The van der Waals surface area contributed by atoms with Crippen molar-refractivity contribution in [3.63, 3.8) is 0 Å². The number of hydrogen-bond acceptors (Lipinski definition) is 4. The molecule has 0 spiro atoms. The number of nitrogens with one attached hydrogen (secondary N) is 1. The maximum atomic E-state index is 4.31. The molecule has 1 unspecified atom stereocenters. The van der Waals surface area contributed by atoms with Crippen LogP contribution < -0.4 is 5.32 Å². The molecule has 0 aliphatic carbocycles. The van der Waals surface area contributed by atoms with Gasteiger partial charge in [0.25, 0.3) is 0 Å². The first-order chi connectivity index (χ1) is 9.04. The van der Waals surface area contributed by atoms with Crippen LogP contribution >= 0.6 is 0 Å². The second-order valence-electron chi connectivity index (χ2n) is 5.67. The minimum absolute atomic E-state index is 0.594. The van der Waals surface area contributed by atoms with Crippen LogP contribution in [0.4, 0.5) is 0 Å². The van der Waals surface area contributed by atoms with E-state index in [1.54, 1.807) is 6.33 Å². The van der Waals surface area contributed by atoms with E-state index in [4.69, 9.17) is 0 Å². The van der Waals surface area contributed by atoms with Crippen LogP contribution in [0, 0.1) is 5.92 Å². The van der Waals surface area contributed by atoms with E-state index in [-0.39, 0.29) is 0 Å². The molecule has 1 aromatic heterocycles. The lowest BCUT2D eigenvalue weighted by Gasteiger charge is -2.23. The maximum absolute atomic E-state index is 4.31. The molecule has 1 rings (SSSR count). The molecule has 0 saturated heterocycles. The molecular weight excluding hydrogens is 238 g/mol. The lowest BCUT2D eigenvalue weighted by Crippen LogP contribution is -2.35. The van der Waals surface area contributed by atoms with Crippen LogP contribution in [0.15, 0.2) is 6.33 Å². The molecule has 0 bridgehead atoms. The molecule has 0 aromatic carbocycles. The summed E-state index contributed by atoms with van der Waals surface area (Å²) < 4.78 is 2.00. The fraction of sp³-hybridized carbons (Fsp3) is 0.857. The Kier molecular flexibility index (Phi) is 7.02. The first-order valence-electron chi connectivity index (χ1n) is 7.32. The van der Waals surface area contributed by atoms with Crippen molar-refractivity contribution in [2.45, 2.75) is 53.2 Å². The Bertz CT molecular complexity index is 347. The number of likely N-dealkylation sites (N-methyl/N-ethyl adjacent to an activating group) is 1. The van der Waals surface area contributed by atoms with Crippen molar-refractivity contribution < 1.29 is 0 Å². The zero-order chi connectivity index (χ0) is 14.3. The average Bonchev–Trinajstić information content (AvgIpc) is 2.79. The van der Waals surface area contributed by atoms with Crippen LogP contribution in [0.5, 0.6) is 0 Å². The second-order valence-corrected chi connectivity index (χ2v) is 5.67. The number of nitrogens with zero attached hydrogens (tertiary/aromatic N) is 4. The summed E-state index contributed by atoms with van der Waals surface area (Å²) in [7, 11) is 2.18. The highest BCUT2D eigenvalue weighted by molar-refractivity contribution is 4.84. The second kappa shape index (κ2) is 8.27. The van der Waals surface area contributed by atoms with Crippen LogP contribution in [0.3, 0.4) is 0 Å². The number of hydrogen-bond donors (Lipinski definition) is 1. The molecule has 0 amide bonds. The normalized spacial score (nSPS) is 13.4. The lowest BCUT2D eigenvalue weighted by atomic mass is 10.2. The minimum Gasteiger partial charge on any atom is -0.309 e. The van der Waals surface area contributed by atoms with E-state index >= 15 is 0 Å². The molecule has 1 atom stereocenters. The summed E-state index contributed by atoms with van der Waals surface area (Å²) >= 11 is 0. The largest absolute Gasteiger partial charge is 0.309 e. The third-order valence-electron chi connectivity index (χ3n) is 3.50.